The van der Waals surface area contributed by atoms with Gasteiger partial charge in [-0.3, -0.25) is 5.41 Å². The highest BCUT2D eigenvalue weighted by Crippen LogP contribution is 2.21. The van der Waals surface area contributed by atoms with Crippen molar-refractivity contribution in [1.82, 2.24) is 0 Å². The molecule has 1 fully saturated rings. The first-order chi connectivity index (χ1) is 7.57. The summed E-state index contributed by atoms with van der Waals surface area (Å²) in [5.74, 6) is -0.725. The Labute approximate surface area is 98.8 Å². The monoisotopic (exact) mass is 247 g/mol. The molecular formula is C10H14ClNO4. The average Bonchev–Trinajstić information content (AvgIpc) is 2.71. The summed E-state index contributed by atoms with van der Waals surface area (Å²) in [7, 11) is 0. The molecule has 1 saturated heterocycles. The zero-order valence-corrected chi connectivity index (χ0v) is 9.97. The van der Waals surface area contributed by atoms with Gasteiger partial charge in [-0.25, -0.2) is 4.79 Å². The van der Waals surface area contributed by atoms with Crippen LogP contribution in [-0.4, -0.2) is 37.8 Å². The van der Waals surface area contributed by atoms with Crippen LogP contribution in [0.15, 0.2) is 10.6 Å². The van der Waals surface area contributed by atoms with Crippen LogP contribution in [-0.2, 0) is 19.0 Å². The summed E-state index contributed by atoms with van der Waals surface area (Å²) >= 11 is 5.83. The van der Waals surface area contributed by atoms with E-state index >= 15 is 0 Å². The number of rotatable bonds is 4. The zero-order valence-electron chi connectivity index (χ0n) is 9.21. The van der Waals surface area contributed by atoms with Crippen LogP contribution >= 0.6 is 11.6 Å². The van der Waals surface area contributed by atoms with Crippen LogP contribution in [0, 0.1) is 5.41 Å². The molecule has 1 N–H and O–H groups in total. The van der Waals surface area contributed by atoms with Gasteiger partial charge < -0.3 is 14.2 Å². The molecule has 0 radical (unpaired) electrons. The highest BCUT2D eigenvalue weighted by Gasteiger charge is 2.29. The quantitative estimate of drug-likeness (QED) is 0.603. The average molecular weight is 248 g/mol. The maximum absolute atomic E-state index is 11.4. The molecule has 0 aromatic rings. The number of esters is 1. The SMILES string of the molecule is CCOC(=O)C(=N)/C(=C(\C)Cl)C1OCCO1. The molecular weight excluding hydrogens is 234 g/mol. The van der Waals surface area contributed by atoms with E-state index in [1.807, 2.05) is 0 Å². The summed E-state index contributed by atoms with van der Waals surface area (Å²) in [6.45, 7) is 4.31. The highest BCUT2D eigenvalue weighted by atomic mass is 35.5. The first-order valence-electron chi connectivity index (χ1n) is 4.93. The van der Waals surface area contributed by atoms with Crippen molar-refractivity contribution in [2.75, 3.05) is 19.8 Å². The van der Waals surface area contributed by atoms with Crippen LogP contribution in [0.25, 0.3) is 0 Å². The second-order valence-electron chi connectivity index (χ2n) is 3.12. The number of hydrogen-bond acceptors (Lipinski definition) is 5. The van der Waals surface area contributed by atoms with Crippen molar-refractivity contribution in [1.29, 1.82) is 5.41 Å². The van der Waals surface area contributed by atoms with Gasteiger partial charge in [-0.05, 0) is 13.8 Å². The summed E-state index contributed by atoms with van der Waals surface area (Å²) in [6, 6.07) is 0. The van der Waals surface area contributed by atoms with Gasteiger partial charge in [0.1, 0.15) is 5.71 Å². The van der Waals surface area contributed by atoms with E-state index in [0.29, 0.717) is 18.2 Å². The Balaban J connectivity index is 2.83. The normalized spacial score (nSPS) is 18.2. The molecule has 0 aromatic carbocycles. The van der Waals surface area contributed by atoms with Crippen LogP contribution in [0.1, 0.15) is 13.8 Å². The lowest BCUT2D eigenvalue weighted by Gasteiger charge is -2.15. The maximum atomic E-state index is 11.4. The fourth-order valence-electron chi connectivity index (χ4n) is 1.29. The Kier molecular flexibility index (Phi) is 4.92. The van der Waals surface area contributed by atoms with Crippen molar-refractivity contribution in [3.8, 4) is 0 Å². The third-order valence-electron chi connectivity index (χ3n) is 1.98. The molecule has 1 heterocycles. The lowest BCUT2D eigenvalue weighted by molar-refractivity contribution is -0.135. The molecule has 90 valence electrons. The van der Waals surface area contributed by atoms with Crippen molar-refractivity contribution < 1.29 is 19.0 Å². The van der Waals surface area contributed by atoms with Crippen LogP contribution in [0.3, 0.4) is 0 Å². The van der Waals surface area contributed by atoms with Gasteiger partial charge in [-0.2, -0.15) is 0 Å². The lowest BCUT2D eigenvalue weighted by atomic mass is 10.1. The van der Waals surface area contributed by atoms with E-state index in [4.69, 9.17) is 31.2 Å². The third-order valence-corrected chi connectivity index (χ3v) is 2.18. The van der Waals surface area contributed by atoms with E-state index in [2.05, 4.69) is 0 Å². The minimum Gasteiger partial charge on any atom is -0.461 e. The number of ether oxygens (including phenoxy) is 3. The van der Waals surface area contributed by atoms with Gasteiger partial charge in [-0.1, -0.05) is 11.6 Å². The molecule has 1 aliphatic heterocycles. The maximum Gasteiger partial charge on any atom is 0.356 e. The number of allylic oxidation sites excluding steroid dienone is 1. The topological polar surface area (TPSA) is 68.6 Å². The lowest BCUT2D eigenvalue weighted by Crippen LogP contribution is -2.27. The van der Waals surface area contributed by atoms with Gasteiger partial charge >= 0.3 is 5.97 Å². The van der Waals surface area contributed by atoms with Crippen molar-refractivity contribution in [2.24, 2.45) is 0 Å². The summed E-state index contributed by atoms with van der Waals surface area (Å²) in [6.07, 6.45) is -0.741. The molecule has 0 aromatic heterocycles. The van der Waals surface area contributed by atoms with E-state index < -0.39 is 12.3 Å². The third kappa shape index (κ3) is 3.04. The Hall–Kier alpha value is -0.910. The van der Waals surface area contributed by atoms with Gasteiger partial charge in [-0.15, -0.1) is 0 Å². The van der Waals surface area contributed by atoms with Gasteiger partial charge in [0.05, 0.1) is 25.4 Å². The second-order valence-corrected chi connectivity index (χ2v) is 3.68. The Morgan fingerprint density at radius 3 is 2.50 bits per heavy atom. The predicted molar refractivity (Wildman–Crippen MR) is 58.6 cm³/mol. The van der Waals surface area contributed by atoms with E-state index in [0.717, 1.165) is 0 Å². The van der Waals surface area contributed by atoms with E-state index in [-0.39, 0.29) is 17.9 Å². The van der Waals surface area contributed by atoms with Crippen molar-refractivity contribution in [3.63, 3.8) is 0 Å². The molecule has 0 atom stereocenters. The molecule has 1 aliphatic rings. The fraction of sp³-hybridized carbons (Fsp3) is 0.600. The number of carbonyl (C=O) groups is 1. The van der Waals surface area contributed by atoms with Crippen molar-refractivity contribution in [2.45, 2.75) is 20.1 Å². The Morgan fingerprint density at radius 2 is 2.06 bits per heavy atom. The summed E-state index contributed by atoms with van der Waals surface area (Å²) < 4.78 is 15.2. The molecule has 0 amide bonds. The molecule has 16 heavy (non-hydrogen) atoms. The molecule has 0 saturated carbocycles. The predicted octanol–water partition coefficient (Wildman–Crippen LogP) is 1.45. The minimum atomic E-state index is -0.741. The molecule has 0 unspecified atom stereocenters. The van der Waals surface area contributed by atoms with E-state index in [1.165, 1.54) is 0 Å². The van der Waals surface area contributed by atoms with Crippen LogP contribution < -0.4 is 0 Å². The Bertz CT molecular complexity index is 317. The first-order valence-corrected chi connectivity index (χ1v) is 5.31. The molecule has 5 nitrogen and oxygen atoms in total. The second kappa shape index (κ2) is 5.98. The molecule has 0 spiro atoms. The molecule has 0 aliphatic carbocycles. The number of halogens is 1. The number of carbonyl (C=O) groups excluding carboxylic acids is 1. The largest absolute Gasteiger partial charge is 0.461 e. The Morgan fingerprint density at radius 1 is 1.50 bits per heavy atom. The van der Waals surface area contributed by atoms with Crippen LogP contribution in [0.2, 0.25) is 0 Å². The summed E-state index contributed by atoms with van der Waals surface area (Å²) in [5, 5.41) is 7.97. The van der Waals surface area contributed by atoms with Crippen LogP contribution in [0.4, 0.5) is 0 Å². The number of hydrogen-bond donors (Lipinski definition) is 1. The smallest absolute Gasteiger partial charge is 0.356 e. The summed E-state index contributed by atoms with van der Waals surface area (Å²) in [5.41, 5.74) is -0.0844. The first kappa shape index (κ1) is 13.2. The fourth-order valence-corrected chi connectivity index (χ4v) is 1.47. The van der Waals surface area contributed by atoms with Crippen molar-refractivity contribution in [3.05, 3.63) is 10.6 Å². The van der Waals surface area contributed by atoms with E-state index in [1.54, 1.807) is 13.8 Å². The highest BCUT2D eigenvalue weighted by molar-refractivity contribution is 6.45. The minimum absolute atomic E-state index is 0.211. The van der Waals surface area contributed by atoms with E-state index in [9.17, 15) is 4.79 Å². The van der Waals surface area contributed by atoms with Crippen molar-refractivity contribution >= 4 is 23.3 Å². The molecule has 1 rings (SSSR count). The van der Waals surface area contributed by atoms with Gasteiger partial charge in [0.15, 0.2) is 6.29 Å². The van der Waals surface area contributed by atoms with Gasteiger partial charge in [0, 0.05) is 5.03 Å². The van der Waals surface area contributed by atoms with Gasteiger partial charge in [0.25, 0.3) is 0 Å². The zero-order chi connectivity index (χ0) is 12.1. The number of nitrogens with one attached hydrogen (secondary N) is 1. The molecule has 0 bridgehead atoms. The standard InChI is InChI=1S/C10H14ClNO4/c1-3-14-9(13)8(12)7(6(2)11)10-15-4-5-16-10/h10,12H,3-5H2,1-2H3/b7-6-,12-8?. The summed E-state index contributed by atoms with van der Waals surface area (Å²) in [4.78, 5) is 11.4. The molecule has 6 heteroatoms. The van der Waals surface area contributed by atoms with Gasteiger partial charge in [0.2, 0.25) is 0 Å². The van der Waals surface area contributed by atoms with Crippen LogP contribution in [0.5, 0.6) is 0 Å².